The standard InChI is InChI=1S/C19H24N4O2/c1-3-5-11-22(12-6-4-2)19(25)15-13-20-23-16-10-8-7-9-14(16)18(24)21-17(15)23/h7-10,13H,3-6,11-12H2,1-2H3,(H,21,24). The summed E-state index contributed by atoms with van der Waals surface area (Å²) in [6, 6.07) is 7.27. The highest BCUT2D eigenvalue weighted by molar-refractivity contribution is 6.00. The molecule has 6 heteroatoms. The number of fused-ring (bicyclic) bond motifs is 3. The average molecular weight is 340 g/mol. The maximum atomic E-state index is 13.0. The van der Waals surface area contributed by atoms with E-state index in [-0.39, 0.29) is 11.5 Å². The zero-order valence-electron chi connectivity index (χ0n) is 14.8. The number of carbonyl (C=O) groups is 1. The van der Waals surface area contributed by atoms with Gasteiger partial charge < -0.3 is 9.88 Å². The van der Waals surface area contributed by atoms with E-state index in [9.17, 15) is 9.59 Å². The minimum Gasteiger partial charge on any atom is -0.338 e. The Labute approximate surface area is 146 Å². The van der Waals surface area contributed by atoms with Gasteiger partial charge in [-0.2, -0.15) is 5.10 Å². The first-order valence-corrected chi connectivity index (χ1v) is 8.95. The number of para-hydroxylation sites is 1. The highest BCUT2D eigenvalue weighted by Gasteiger charge is 2.21. The molecule has 0 fully saturated rings. The summed E-state index contributed by atoms with van der Waals surface area (Å²) in [5.74, 6) is -0.0668. The van der Waals surface area contributed by atoms with Crippen LogP contribution in [0.4, 0.5) is 0 Å². The fraction of sp³-hybridized carbons (Fsp3) is 0.421. The lowest BCUT2D eigenvalue weighted by molar-refractivity contribution is 0.0753. The number of H-pyrrole nitrogens is 1. The molecule has 1 N–H and O–H groups in total. The van der Waals surface area contributed by atoms with E-state index in [1.807, 2.05) is 23.1 Å². The lowest BCUT2D eigenvalue weighted by Gasteiger charge is -2.21. The second kappa shape index (κ2) is 7.51. The van der Waals surface area contributed by atoms with E-state index in [1.165, 1.54) is 0 Å². The minimum absolute atomic E-state index is 0.0668. The van der Waals surface area contributed by atoms with E-state index in [4.69, 9.17) is 0 Å². The van der Waals surface area contributed by atoms with Crippen LogP contribution in [-0.2, 0) is 0 Å². The number of aromatic amines is 1. The molecule has 1 aromatic carbocycles. The van der Waals surface area contributed by atoms with Crippen molar-refractivity contribution in [3.63, 3.8) is 0 Å². The van der Waals surface area contributed by atoms with Gasteiger partial charge in [0.2, 0.25) is 0 Å². The summed E-state index contributed by atoms with van der Waals surface area (Å²) in [6.45, 7) is 5.68. The topological polar surface area (TPSA) is 70.5 Å². The molecule has 0 aliphatic rings. The van der Waals surface area contributed by atoms with Gasteiger partial charge in [-0.25, -0.2) is 4.52 Å². The van der Waals surface area contributed by atoms with Crippen molar-refractivity contribution in [3.8, 4) is 0 Å². The fourth-order valence-electron chi connectivity index (χ4n) is 3.02. The van der Waals surface area contributed by atoms with Crippen molar-refractivity contribution in [1.82, 2.24) is 19.5 Å². The molecule has 0 spiro atoms. The van der Waals surface area contributed by atoms with Crippen LogP contribution < -0.4 is 5.56 Å². The van der Waals surface area contributed by atoms with E-state index >= 15 is 0 Å². The van der Waals surface area contributed by atoms with Crippen molar-refractivity contribution < 1.29 is 4.79 Å². The third kappa shape index (κ3) is 3.29. The van der Waals surface area contributed by atoms with Crippen LogP contribution in [0.3, 0.4) is 0 Å². The van der Waals surface area contributed by atoms with Crippen molar-refractivity contribution in [2.24, 2.45) is 0 Å². The summed E-state index contributed by atoms with van der Waals surface area (Å²) in [5.41, 5.74) is 1.42. The number of nitrogens with zero attached hydrogens (tertiary/aromatic N) is 3. The monoisotopic (exact) mass is 340 g/mol. The van der Waals surface area contributed by atoms with E-state index < -0.39 is 0 Å². The number of hydrogen-bond acceptors (Lipinski definition) is 3. The zero-order chi connectivity index (χ0) is 17.8. The van der Waals surface area contributed by atoms with Gasteiger partial charge in [0.15, 0.2) is 0 Å². The first-order valence-electron chi connectivity index (χ1n) is 8.95. The van der Waals surface area contributed by atoms with Gasteiger partial charge in [0.25, 0.3) is 11.5 Å². The Hall–Kier alpha value is -2.63. The summed E-state index contributed by atoms with van der Waals surface area (Å²) in [4.78, 5) is 30.1. The molecule has 132 valence electrons. The molecule has 6 nitrogen and oxygen atoms in total. The predicted octanol–water partition coefficient (Wildman–Crippen LogP) is 3.22. The Bertz CT molecular complexity index is 933. The summed E-state index contributed by atoms with van der Waals surface area (Å²) >= 11 is 0. The van der Waals surface area contributed by atoms with E-state index in [2.05, 4.69) is 23.9 Å². The molecule has 25 heavy (non-hydrogen) atoms. The van der Waals surface area contributed by atoms with E-state index in [1.54, 1.807) is 16.8 Å². The van der Waals surface area contributed by atoms with Crippen LogP contribution in [-0.4, -0.2) is 38.5 Å². The fourth-order valence-corrected chi connectivity index (χ4v) is 3.02. The van der Waals surface area contributed by atoms with Crippen molar-refractivity contribution in [2.75, 3.05) is 13.1 Å². The van der Waals surface area contributed by atoms with Gasteiger partial charge in [-0.1, -0.05) is 38.8 Å². The predicted molar refractivity (Wildman–Crippen MR) is 99.0 cm³/mol. The van der Waals surface area contributed by atoms with Gasteiger partial charge in [-0.15, -0.1) is 0 Å². The first kappa shape index (κ1) is 17.2. The molecule has 2 aromatic heterocycles. The van der Waals surface area contributed by atoms with Gasteiger partial charge in [0.05, 0.1) is 17.1 Å². The normalized spacial score (nSPS) is 11.3. The Balaban J connectivity index is 2.05. The third-order valence-electron chi connectivity index (χ3n) is 4.46. The molecule has 1 amide bonds. The van der Waals surface area contributed by atoms with Crippen molar-refractivity contribution >= 4 is 22.5 Å². The molecule has 0 saturated carbocycles. The molecule has 0 unspecified atom stereocenters. The molecule has 0 aliphatic heterocycles. The van der Waals surface area contributed by atoms with Gasteiger partial charge >= 0.3 is 0 Å². The molecule has 3 rings (SSSR count). The van der Waals surface area contributed by atoms with E-state index in [0.717, 1.165) is 38.8 Å². The highest BCUT2D eigenvalue weighted by atomic mass is 16.2. The quantitative estimate of drug-likeness (QED) is 0.718. The Kier molecular flexibility index (Phi) is 5.16. The largest absolute Gasteiger partial charge is 0.338 e. The summed E-state index contributed by atoms with van der Waals surface area (Å²) < 4.78 is 1.64. The maximum Gasteiger partial charge on any atom is 0.259 e. The molecule has 2 heterocycles. The van der Waals surface area contributed by atoms with Crippen LogP contribution in [0, 0.1) is 0 Å². The zero-order valence-corrected chi connectivity index (χ0v) is 14.8. The van der Waals surface area contributed by atoms with Crippen LogP contribution in [0.15, 0.2) is 35.3 Å². The Morgan fingerprint density at radius 1 is 1.16 bits per heavy atom. The second-order valence-electron chi connectivity index (χ2n) is 6.29. The number of rotatable bonds is 7. The summed E-state index contributed by atoms with van der Waals surface area (Å²) in [5, 5.41) is 4.91. The Morgan fingerprint density at radius 3 is 2.52 bits per heavy atom. The van der Waals surface area contributed by atoms with Crippen molar-refractivity contribution in [3.05, 3.63) is 46.4 Å². The van der Waals surface area contributed by atoms with Crippen LogP contribution in [0.25, 0.3) is 16.6 Å². The summed E-state index contributed by atoms with van der Waals surface area (Å²) in [6.07, 6.45) is 5.56. The van der Waals surface area contributed by atoms with Gasteiger partial charge in [0, 0.05) is 13.1 Å². The summed E-state index contributed by atoms with van der Waals surface area (Å²) in [7, 11) is 0. The number of aromatic nitrogens is 3. The minimum atomic E-state index is -0.202. The number of unbranched alkanes of at least 4 members (excludes halogenated alkanes) is 2. The molecule has 0 atom stereocenters. The number of amides is 1. The molecule has 0 radical (unpaired) electrons. The van der Waals surface area contributed by atoms with E-state index in [0.29, 0.717) is 22.1 Å². The lowest BCUT2D eigenvalue weighted by atomic mass is 10.2. The van der Waals surface area contributed by atoms with Crippen molar-refractivity contribution in [1.29, 1.82) is 0 Å². The molecule has 3 aromatic rings. The SMILES string of the molecule is CCCCN(CCCC)C(=O)c1cnn2c1[nH]c(=O)c1ccccc12. The van der Waals surface area contributed by atoms with Gasteiger partial charge in [-0.3, -0.25) is 9.59 Å². The van der Waals surface area contributed by atoms with Crippen LogP contribution in [0.1, 0.15) is 49.9 Å². The molecular formula is C19H24N4O2. The van der Waals surface area contributed by atoms with Crippen LogP contribution in [0.5, 0.6) is 0 Å². The van der Waals surface area contributed by atoms with Crippen LogP contribution >= 0.6 is 0 Å². The lowest BCUT2D eigenvalue weighted by Crippen LogP contribution is -2.33. The number of hydrogen-bond donors (Lipinski definition) is 1. The van der Waals surface area contributed by atoms with Crippen molar-refractivity contribution in [2.45, 2.75) is 39.5 Å². The molecule has 0 bridgehead atoms. The highest BCUT2D eigenvalue weighted by Crippen LogP contribution is 2.16. The number of benzene rings is 1. The van der Waals surface area contributed by atoms with Gasteiger partial charge in [-0.05, 0) is 25.0 Å². The average Bonchev–Trinajstić information content (AvgIpc) is 3.05. The molecule has 0 aliphatic carbocycles. The molecule has 0 saturated heterocycles. The number of nitrogens with one attached hydrogen (secondary N) is 1. The Morgan fingerprint density at radius 2 is 1.84 bits per heavy atom. The maximum absolute atomic E-state index is 13.0. The third-order valence-corrected chi connectivity index (χ3v) is 4.46. The van der Waals surface area contributed by atoms with Crippen LogP contribution in [0.2, 0.25) is 0 Å². The first-order chi connectivity index (χ1) is 12.2. The smallest absolute Gasteiger partial charge is 0.259 e. The van der Waals surface area contributed by atoms with Gasteiger partial charge in [0.1, 0.15) is 11.2 Å². The molecular weight excluding hydrogens is 316 g/mol. The second-order valence-corrected chi connectivity index (χ2v) is 6.29. The number of carbonyl (C=O) groups excluding carboxylic acids is 1.